The van der Waals surface area contributed by atoms with Crippen LogP contribution in [0.15, 0.2) is 65.3 Å². The summed E-state index contributed by atoms with van der Waals surface area (Å²) in [6, 6.07) is 15.9. The van der Waals surface area contributed by atoms with Crippen LogP contribution in [-0.2, 0) is 0 Å². The zero-order valence-electron chi connectivity index (χ0n) is 11.2. The molecule has 2 aromatic heterocycles. The monoisotopic (exact) mass is 272 g/mol. The average molecular weight is 272 g/mol. The zero-order valence-corrected chi connectivity index (χ0v) is 11.2. The average Bonchev–Trinajstić information content (AvgIpc) is 2.96. The first-order valence-electron chi connectivity index (χ1n) is 6.76. The van der Waals surface area contributed by atoms with Gasteiger partial charge in [-0.25, -0.2) is 4.98 Å². The fourth-order valence-corrected chi connectivity index (χ4v) is 2.42. The summed E-state index contributed by atoms with van der Waals surface area (Å²) in [6.45, 7) is 0. The molecular formula is C18H12N2O. The van der Waals surface area contributed by atoms with E-state index in [1.807, 2.05) is 54.7 Å². The normalized spacial score (nSPS) is 11.6. The van der Waals surface area contributed by atoms with E-state index in [0.717, 1.165) is 22.0 Å². The van der Waals surface area contributed by atoms with Crippen molar-refractivity contribution in [3.05, 3.63) is 72.4 Å². The van der Waals surface area contributed by atoms with Crippen molar-refractivity contribution < 1.29 is 4.42 Å². The zero-order chi connectivity index (χ0) is 14.1. The topological polar surface area (TPSA) is 38.9 Å². The Hall–Kier alpha value is -2.94. The molecule has 0 saturated carbocycles. The summed E-state index contributed by atoms with van der Waals surface area (Å²) in [7, 11) is 0. The lowest BCUT2D eigenvalue weighted by Gasteiger charge is -2.00. The molecule has 21 heavy (non-hydrogen) atoms. The molecule has 2 aromatic carbocycles. The van der Waals surface area contributed by atoms with E-state index < -0.39 is 0 Å². The summed E-state index contributed by atoms with van der Waals surface area (Å²) >= 11 is 0. The van der Waals surface area contributed by atoms with Gasteiger partial charge in [0.05, 0.1) is 0 Å². The van der Waals surface area contributed by atoms with Gasteiger partial charge in [-0.3, -0.25) is 4.98 Å². The first-order chi connectivity index (χ1) is 10.4. The first kappa shape index (κ1) is 11.9. The lowest BCUT2D eigenvalue weighted by atomic mass is 10.1. The highest BCUT2D eigenvalue weighted by Gasteiger charge is 2.02. The minimum Gasteiger partial charge on any atom is -0.437 e. The maximum absolute atomic E-state index is 5.69. The van der Waals surface area contributed by atoms with Crippen LogP contribution in [0.5, 0.6) is 0 Å². The number of hydrogen-bond acceptors (Lipinski definition) is 3. The molecule has 0 radical (unpaired) electrons. The van der Waals surface area contributed by atoms with E-state index in [0.29, 0.717) is 5.89 Å². The van der Waals surface area contributed by atoms with Crippen LogP contribution < -0.4 is 0 Å². The third-order valence-electron chi connectivity index (χ3n) is 3.43. The molecule has 4 rings (SSSR count). The predicted molar refractivity (Wildman–Crippen MR) is 84.7 cm³/mol. The maximum atomic E-state index is 5.69. The molecule has 3 nitrogen and oxygen atoms in total. The second-order valence-corrected chi connectivity index (χ2v) is 4.80. The van der Waals surface area contributed by atoms with Crippen molar-refractivity contribution >= 4 is 34.0 Å². The van der Waals surface area contributed by atoms with E-state index in [2.05, 4.69) is 22.1 Å². The number of fused-ring (bicyclic) bond motifs is 2. The van der Waals surface area contributed by atoms with Gasteiger partial charge in [0.2, 0.25) is 5.89 Å². The van der Waals surface area contributed by atoms with Crippen LogP contribution in [0.4, 0.5) is 0 Å². The SMILES string of the molecule is C(=C\c1cccc2cnccc12)/c1nc2ccccc2o1. The van der Waals surface area contributed by atoms with E-state index >= 15 is 0 Å². The molecule has 2 heterocycles. The van der Waals surface area contributed by atoms with E-state index in [1.165, 1.54) is 5.39 Å². The van der Waals surface area contributed by atoms with Gasteiger partial charge in [0.1, 0.15) is 5.52 Å². The number of hydrogen-bond donors (Lipinski definition) is 0. The molecular weight excluding hydrogens is 260 g/mol. The molecule has 0 fully saturated rings. The van der Waals surface area contributed by atoms with Crippen molar-refractivity contribution in [3.8, 4) is 0 Å². The molecule has 0 N–H and O–H groups in total. The molecule has 0 aliphatic carbocycles. The Morgan fingerprint density at radius 3 is 2.81 bits per heavy atom. The number of oxazole rings is 1. The second-order valence-electron chi connectivity index (χ2n) is 4.80. The van der Waals surface area contributed by atoms with Gasteiger partial charge in [0.15, 0.2) is 5.58 Å². The van der Waals surface area contributed by atoms with Gasteiger partial charge in [-0.05, 0) is 35.2 Å². The van der Waals surface area contributed by atoms with Gasteiger partial charge in [-0.15, -0.1) is 0 Å². The van der Waals surface area contributed by atoms with Gasteiger partial charge in [-0.2, -0.15) is 0 Å². The van der Waals surface area contributed by atoms with Crippen LogP contribution in [0, 0.1) is 0 Å². The quantitative estimate of drug-likeness (QED) is 0.537. The molecule has 0 aliphatic heterocycles. The lowest BCUT2D eigenvalue weighted by molar-refractivity contribution is 0.590. The number of rotatable bonds is 2. The third kappa shape index (κ3) is 2.19. The van der Waals surface area contributed by atoms with Crippen LogP contribution in [0.1, 0.15) is 11.5 Å². The van der Waals surface area contributed by atoms with Crippen LogP contribution in [0.25, 0.3) is 34.0 Å². The molecule has 3 heteroatoms. The number of para-hydroxylation sites is 2. The van der Waals surface area contributed by atoms with Gasteiger partial charge in [0, 0.05) is 23.9 Å². The van der Waals surface area contributed by atoms with Crippen molar-refractivity contribution in [2.45, 2.75) is 0 Å². The number of benzene rings is 2. The molecule has 0 bridgehead atoms. The highest BCUT2D eigenvalue weighted by molar-refractivity contribution is 5.92. The summed E-state index contributed by atoms with van der Waals surface area (Å²) < 4.78 is 5.69. The van der Waals surface area contributed by atoms with E-state index in [1.54, 1.807) is 6.20 Å². The highest BCUT2D eigenvalue weighted by Crippen LogP contribution is 2.21. The predicted octanol–water partition coefficient (Wildman–Crippen LogP) is 4.55. The summed E-state index contributed by atoms with van der Waals surface area (Å²) in [5.41, 5.74) is 2.80. The van der Waals surface area contributed by atoms with Gasteiger partial charge >= 0.3 is 0 Å². The Balaban J connectivity index is 1.76. The fourth-order valence-electron chi connectivity index (χ4n) is 2.42. The molecule has 100 valence electrons. The van der Waals surface area contributed by atoms with Crippen LogP contribution in [-0.4, -0.2) is 9.97 Å². The molecule has 0 amide bonds. The molecule has 0 atom stereocenters. The molecule has 4 aromatic rings. The lowest BCUT2D eigenvalue weighted by Crippen LogP contribution is -1.79. The Bertz CT molecular complexity index is 915. The largest absolute Gasteiger partial charge is 0.437 e. The summed E-state index contributed by atoms with van der Waals surface area (Å²) in [5.74, 6) is 0.613. The van der Waals surface area contributed by atoms with E-state index in [9.17, 15) is 0 Å². The van der Waals surface area contributed by atoms with Crippen molar-refractivity contribution in [1.82, 2.24) is 9.97 Å². The van der Waals surface area contributed by atoms with Crippen molar-refractivity contribution in [2.24, 2.45) is 0 Å². The first-order valence-corrected chi connectivity index (χ1v) is 6.76. The highest BCUT2D eigenvalue weighted by atomic mass is 16.3. The van der Waals surface area contributed by atoms with Gasteiger partial charge in [0.25, 0.3) is 0 Å². The third-order valence-corrected chi connectivity index (χ3v) is 3.43. The summed E-state index contributed by atoms with van der Waals surface area (Å²) in [6.07, 6.45) is 7.59. The minimum absolute atomic E-state index is 0.613. The van der Waals surface area contributed by atoms with Crippen LogP contribution >= 0.6 is 0 Å². The fraction of sp³-hybridized carbons (Fsp3) is 0. The van der Waals surface area contributed by atoms with Crippen molar-refractivity contribution in [3.63, 3.8) is 0 Å². The van der Waals surface area contributed by atoms with Gasteiger partial charge < -0.3 is 4.42 Å². The Kier molecular flexibility index (Phi) is 2.75. The van der Waals surface area contributed by atoms with Crippen LogP contribution in [0.2, 0.25) is 0 Å². The van der Waals surface area contributed by atoms with E-state index in [4.69, 9.17) is 4.42 Å². The smallest absolute Gasteiger partial charge is 0.220 e. The number of nitrogens with zero attached hydrogens (tertiary/aromatic N) is 2. The molecule has 0 unspecified atom stereocenters. The number of pyridine rings is 1. The Morgan fingerprint density at radius 1 is 0.905 bits per heavy atom. The summed E-state index contributed by atoms with van der Waals surface area (Å²) in [5, 5.41) is 2.29. The van der Waals surface area contributed by atoms with Crippen molar-refractivity contribution in [2.75, 3.05) is 0 Å². The maximum Gasteiger partial charge on any atom is 0.220 e. The molecule has 0 saturated heterocycles. The standard InChI is InChI=1S/C18H12N2O/c1-2-7-17-16(6-1)20-18(21-17)9-8-13-4-3-5-14-12-19-11-10-15(13)14/h1-12H/b9-8+. The molecule has 0 aliphatic rings. The summed E-state index contributed by atoms with van der Waals surface area (Å²) in [4.78, 5) is 8.59. The molecule has 0 spiro atoms. The van der Waals surface area contributed by atoms with Gasteiger partial charge in [-0.1, -0.05) is 30.3 Å². The van der Waals surface area contributed by atoms with E-state index in [-0.39, 0.29) is 0 Å². The number of aromatic nitrogens is 2. The minimum atomic E-state index is 0.613. The Morgan fingerprint density at radius 2 is 1.86 bits per heavy atom. The van der Waals surface area contributed by atoms with Crippen molar-refractivity contribution in [1.29, 1.82) is 0 Å². The Labute approximate surface area is 121 Å². The van der Waals surface area contributed by atoms with Crippen LogP contribution in [0.3, 0.4) is 0 Å². The second kappa shape index (κ2) is 4.87.